The third-order valence-corrected chi connectivity index (χ3v) is 4.33. The summed E-state index contributed by atoms with van der Waals surface area (Å²) in [6.07, 6.45) is 1.49. The molecule has 1 saturated carbocycles. The first kappa shape index (κ1) is 14.8. The number of carbonyl (C=O) groups is 2. The van der Waals surface area contributed by atoms with Gasteiger partial charge >= 0.3 is 11.9 Å². The third kappa shape index (κ3) is 2.52. The van der Waals surface area contributed by atoms with Gasteiger partial charge in [0, 0.05) is 12.3 Å². The minimum atomic E-state index is -1.45. The number of allylic oxidation sites excluding steroid dienone is 1. The summed E-state index contributed by atoms with van der Waals surface area (Å²) in [5, 5.41) is 10.3. The summed E-state index contributed by atoms with van der Waals surface area (Å²) < 4.78 is 10.8. The van der Waals surface area contributed by atoms with Crippen LogP contribution in [0.15, 0.2) is 43.0 Å². The fraction of sp³-hybridized carbons (Fsp3) is 0.412. The van der Waals surface area contributed by atoms with Crippen molar-refractivity contribution in [3.8, 4) is 0 Å². The standard InChI is InChI=1S/C17H18O5/c1-2-6-12-9-17(20)10-13(21-16(17)19)14(12)22-15(18)11-7-4-3-5-8-11/h2-5,7-8,12-14,20H,1,6,9-10H2/t12-,13+,14-,17+/m1/s1. The largest absolute Gasteiger partial charge is 0.456 e. The summed E-state index contributed by atoms with van der Waals surface area (Å²) in [7, 11) is 0. The minimum Gasteiger partial charge on any atom is -0.456 e. The van der Waals surface area contributed by atoms with Crippen LogP contribution in [0.2, 0.25) is 0 Å². The van der Waals surface area contributed by atoms with E-state index in [1.165, 1.54) is 0 Å². The molecule has 2 fully saturated rings. The van der Waals surface area contributed by atoms with Gasteiger partial charge in [0.1, 0.15) is 12.2 Å². The highest BCUT2D eigenvalue weighted by molar-refractivity contribution is 5.89. The van der Waals surface area contributed by atoms with Gasteiger partial charge in [-0.1, -0.05) is 24.3 Å². The number of fused-ring (bicyclic) bond motifs is 2. The second-order valence-corrected chi connectivity index (χ2v) is 5.90. The normalized spacial score (nSPS) is 33.1. The van der Waals surface area contributed by atoms with Gasteiger partial charge in [0.05, 0.1) is 5.56 Å². The quantitative estimate of drug-likeness (QED) is 0.679. The van der Waals surface area contributed by atoms with Crippen LogP contribution in [0.4, 0.5) is 0 Å². The molecule has 22 heavy (non-hydrogen) atoms. The molecule has 4 atom stereocenters. The molecular formula is C17H18O5. The molecule has 2 aliphatic rings. The third-order valence-electron chi connectivity index (χ3n) is 4.33. The highest BCUT2D eigenvalue weighted by Crippen LogP contribution is 2.43. The average Bonchev–Trinajstić information content (AvgIpc) is 2.75. The summed E-state index contributed by atoms with van der Waals surface area (Å²) in [4.78, 5) is 24.0. The Labute approximate surface area is 128 Å². The van der Waals surface area contributed by atoms with E-state index in [0.29, 0.717) is 12.0 Å². The SMILES string of the molecule is C=CC[C@@H]1C[C@]2(O)C[C@H](OC2=O)[C@@H]1OC(=O)c1ccccc1. The van der Waals surface area contributed by atoms with Crippen LogP contribution in [0.1, 0.15) is 29.6 Å². The zero-order valence-corrected chi connectivity index (χ0v) is 12.1. The monoisotopic (exact) mass is 302 g/mol. The molecule has 1 saturated heterocycles. The molecule has 5 nitrogen and oxygen atoms in total. The fourth-order valence-corrected chi connectivity index (χ4v) is 3.28. The predicted octanol–water partition coefficient (Wildman–Crippen LogP) is 1.85. The molecule has 1 aliphatic carbocycles. The first-order valence-corrected chi connectivity index (χ1v) is 7.34. The van der Waals surface area contributed by atoms with Crippen molar-refractivity contribution in [2.75, 3.05) is 0 Å². The zero-order chi connectivity index (χ0) is 15.7. The van der Waals surface area contributed by atoms with E-state index in [-0.39, 0.29) is 18.8 Å². The van der Waals surface area contributed by atoms with Crippen LogP contribution in [0.5, 0.6) is 0 Å². The summed E-state index contributed by atoms with van der Waals surface area (Å²) in [6.45, 7) is 3.69. The van der Waals surface area contributed by atoms with E-state index >= 15 is 0 Å². The predicted molar refractivity (Wildman–Crippen MR) is 78.0 cm³/mol. The van der Waals surface area contributed by atoms with Crippen LogP contribution >= 0.6 is 0 Å². The van der Waals surface area contributed by atoms with Gasteiger partial charge in [-0.15, -0.1) is 6.58 Å². The lowest BCUT2D eigenvalue weighted by atomic mass is 9.75. The second kappa shape index (κ2) is 5.57. The van der Waals surface area contributed by atoms with Crippen LogP contribution in [0.3, 0.4) is 0 Å². The maximum absolute atomic E-state index is 12.2. The molecule has 1 heterocycles. The Morgan fingerprint density at radius 1 is 1.41 bits per heavy atom. The fourth-order valence-electron chi connectivity index (χ4n) is 3.28. The highest BCUT2D eigenvalue weighted by Gasteiger charge is 2.58. The molecular weight excluding hydrogens is 284 g/mol. The van der Waals surface area contributed by atoms with E-state index in [1.807, 2.05) is 6.07 Å². The van der Waals surface area contributed by atoms with Gasteiger partial charge in [0.2, 0.25) is 0 Å². The van der Waals surface area contributed by atoms with E-state index in [1.54, 1.807) is 30.3 Å². The van der Waals surface area contributed by atoms with Gasteiger partial charge in [0.25, 0.3) is 0 Å². The molecule has 0 radical (unpaired) electrons. The van der Waals surface area contributed by atoms with E-state index in [0.717, 1.165) is 0 Å². The number of ether oxygens (including phenoxy) is 2. The molecule has 0 unspecified atom stereocenters. The van der Waals surface area contributed by atoms with Gasteiger partial charge < -0.3 is 14.6 Å². The smallest absolute Gasteiger partial charge is 0.338 e. The lowest BCUT2D eigenvalue weighted by molar-refractivity contribution is -0.154. The maximum atomic E-state index is 12.2. The molecule has 0 spiro atoms. The molecule has 0 amide bonds. The van der Waals surface area contributed by atoms with Crippen molar-refractivity contribution >= 4 is 11.9 Å². The molecule has 1 aromatic carbocycles. The molecule has 5 heteroatoms. The highest BCUT2D eigenvalue weighted by atomic mass is 16.6. The van der Waals surface area contributed by atoms with Crippen LogP contribution in [-0.4, -0.2) is 34.9 Å². The molecule has 1 aliphatic heterocycles. The van der Waals surface area contributed by atoms with Crippen molar-refractivity contribution in [2.45, 2.75) is 37.1 Å². The zero-order valence-electron chi connectivity index (χ0n) is 12.1. The lowest BCUT2D eigenvalue weighted by Gasteiger charge is -2.35. The molecule has 1 N–H and O–H groups in total. The molecule has 2 bridgehead atoms. The number of rotatable bonds is 4. The van der Waals surface area contributed by atoms with Crippen LogP contribution in [0.25, 0.3) is 0 Å². The number of hydrogen-bond donors (Lipinski definition) is 1. The topological polar surface area (TPSA) is 72.8 Å². The molecule has 0 aromatic heterocycles. The van der Waals surface area contributed by atoms with Crippen molar-refractivity contribution in [1.82, 2.24) is 0 Å². The van der Waals surface area contributed by atoms with E-state index in [2.05, 4.69) is 6.58 Å². The Kier molecular flexibility index (Phi) is 3.74. The van der Waals surface area contributed by atoms with Gasteiger partial charge in [-0.3, -0.25) is 0 Å². The Morgan fingerprint density at radius 3 is 2.82 bits per heavy atom. The van der Waals surface area contributed by atoms with E-state index in [4.69, 9.17) is 9.47 Å². The van der Waals surface area contributed by atoms with Crippen molar-refractivity contribution in [2.24, 2.45) is 5.92 Å². The number of carbonyl (C=O) groups excluding carboxylic acids is 2. The average molecular weight is 302 g/mol. The van der Waals surface area contributed by atoms with Gasteiger partial charge in [-0.2, -0.15) is 0 Å². The van der Waals surface area contributed by atoms with Crippen molar-refractivity contribution < 1.29 is 24.2 Å². The summed E-state index contributed by atoms with van der Waals surface area (Å²) in [6, 6.07) is 8.67. The minimum absolute atomic E-state index is 0.173. The lowest BCUT2D eigenvalue weighted by Crippen LogP contribution is -2.47. The van der Waals surface area contributed by atoms with Crippen molar-refractivity contribution in [3.05, 3.63) is 48.6 Å². The Balaban J connectivity index is 1.80. The number of benzene rings is 1. The summed E-state index contributed by atoms with van der Waals surface area (Å²) in [5.41, 5.74) is -1.00. The maximum Gasteiger partial charge on any atom is 0.338 e. The Bertz CT molecular complexity index is 596. The number of esters is 2. The van der Waals surface area contributed by atoms with Crippen molar-refractivity contribution in [1.29, 1.82) is 0 Å². The molecule has 116 valence electrons. The molecule has 3 rings (SSSR count). The molecule has 1 aromatic rings. The number of hydrogen-bond acceptors (Lipinski definition) is 5. The van der Waals surface area contributed by atoms with Gasteiger partial charge in [0.15, 0.2) is 5.60 Å². The summed E-state index contributed by atoms with van der Waals surface area (Å²) in [5.74, 6) is -1.25. The second-order valence-electron chi connectivity index (χ2n) is 5.90. The summed E-state index contributed by atoms with van der Waals surface area (Å²) >= 11 is 0. The van der Waals surface area contributed by atoms with Crippen molar-refractivity contribution in [3.63, 3.8) is 0 Å². The van der Waals surface area contributed by atoms with Crippen LogP contribution < -0.4 is 0 Å². The van der Waals surface area contributed by atoms with Gasteiger partial charge in [-0.25, -0.2) is 9.59 Å². The number of aliphatic hydroxyl groups is 1. The van der Waals surface area contributed by atoms with Gasteiger partial charge in [-0.05, 0) is 25.0 Å². The Hall–Kier alpha value is -2.14. The van der Waals surface area contributed by atoms with E-state index < -0.39 is 29.7 Å². The first-order valence-electron chi connectivity index (χ1n) is 7.34. The van der Waals surface area contributed by atoms with Crippen LogP contribution in [0, 0.1) is 5.92 Å². The first-order chi connectivity index (χ1) is 10.5. The Morgan fingerprint density at radius 2 is 2.14 bits per heavy atom. The van der Waals surface area contributed by atoms with Crippen LogP contribution in [-0.2, 0) is 14.3 Å². The van der Waals surface area contributed by atoms with E-state index in [9.17, 15) is 14.7 Å².